The lowest BCUT2D eigenvalue weighted by Gasteiger charge is -2.39. The third kappa shape index (κ3) is 3.19. The van der Waals surface area contributed by atoms with E-state index in [2.05, 4.69) is 0 Å². The smallest absolute Gasteiger partial charge is 0.313 e. The van der Waals surface area contributed by atoms with Crippen LogP contribution in [0.2, 0.25) is 5.02 Å². The highest BCUT2D eigenvalue weighted by atomic mass is 35.5. The van der Waals surface area contributed by atoms with Crippen LogP contribution < -0.4 is 0 Å². The second-order valence-electron chi connectivity index (χ2n) is 5.33. The second-order valence-corrected chi connectivity index (χ2v) is 5.74. The Morgan fingerprint density at radius 2 is 2.14 bits per heavy atom. The molecule has 2 rings (SSSR count). The zero-order valence-corrected chi connectivity index (χ0v) is 12.6. The van der Waals surface area contributed by atoms with Gasteiger partial charge in [-0.15, -0.1) is 0 Å². The van der Waals surface area contributed by atoms with Gasteiger partial charge < -0.3 is 14.7 Å². The molecule has 114 valence electrons. The minimum atomic E-state index is -1.04. The molecule has 1 aliphatic heterocycles. The highest BCUT2D eigenvalue weighted by molar-refractivity contribution is 6.33. The number of ether oxygens (including phenoxy) is 1. The highest BCUT2D eigenvalue weighted by Crippen LogP contribution is 2.32. The molecule has 0 aromatic heterocycles. The maximum Gasteiger partial charge on any atom is 0.313 e. The van der Waals surface area contributed by atoms with Gasteiger partial charge in [0.25, 0.3) is 5.91 Å². The number of likely N-dealkylation sites (tertiary alicyclic amines) is 1. The van der Waals surface area contributed by atoms with Crippen LogP contribution in [0.3, 0.4) is 0 Å². The van der Waals surface area contributed by atoms with Crippen LogP contribution in [0.15, 0.2) is 24.3 Å². The van der Waals surface area contributed by atoms with Crippen LogP contribution in [0.5, 0.6) is 0 Å². The quantitative estimate of drug-likeness (QED) is 0.926. The maximum atomic E-state index is 12.5. The normalized spacial score (nSPS) is 22.1. The number of carboxylic acids is 1. The van der Waals surface area contributed by atoms with Crippen LogP contribution in [0.1, 0.15) is 23.2 Å². The van der Waals surface area contributed by atoms with Gasteiger partial charge in [-0.1, -0.05) is 23.7 Å². The van der Waals surface area contributed by atoms with Crippen LogP contribution in [0.25, 0.3) is 0 Å². The van der Waals surface area contributed by atoms with Gasteiger partial charge in [0.2, 0.25) is 0 Å². The van der Waals surface area contributed by atoms with Gasteiger partial charge in [-0.05, 0) is 25.0 Å². The number of halogens is 1. The van der Waals surface area contributed by atoms with Gasteiger partial charge in [0.15, 0.2) is 0 Å². The Balaban J connectivity index is 2.23. The average Bonchev–Trinajstić information content (AvgIpc) is 2.47. The summed E-state index contributed by atoms with van der Waals surface area (Å²) in [5, 5.41) is 9.88. The Morgan fingerprint density at radius 3 is 2.76 bits per heavy atom. The van der Waals surface area contributed by atoms with Crippen LogP contribution in [0, 0.1) is 5.41 Å². The molecular formula is C15H18ClNO4. The van der Waals surface area contributed by atoms with Crippen LogP contribution >= 0.6 is 11.6 Å². The summed E-state index contributed by atoms with van der Waals surface area (Å²) in [5.74, 6) is -1.16. The van der Waals surface area contributed by atoms with Gasteiger partial charge >= 0.3 is 5.97 Å². The molecule has 0 bridgehead atoms. The number of carbonyl (C=O) groups excluding carboxylic acids is 1. The van der Waals surface area contributed by atoms with Crippen molar-refractivity contribution >= 4 is 23.5 Å². The predicted molar refractivity (Wildman–Crippen MR) is 78.5 cm³/mol. The second kappa shape index (κ2) is 6.45. The molecule has 0 radical (unpaired) electrons. The first-order chi connectivity index (χ1) is 10.00. The average molecular weight is 312 g/mol. The fourth-order valence-corrected chi connectivity index (χ4v) is 2.96. The van der Waals surface area contributed by atoms with E-state index in [0.717, 1.165) is 0 Å². The van der Waals surface area contributed by atoms with Crippen molar-refractivity contribution < 1.29 is 19.4 Å². The van der Waals surface area contributed by atoms with E-state index in [1.54, 1.807) is 29.2 Å². The summed E-state index contributed by atoms with van der Waals surface area (Å²) in [5.41, 5.74) is -0.637. The fourth-order valence-electron chi connectivity index (χ4n) is 2.74. The van der Waals surface area contributed by atoms with E-state index in [0.29, 0.717) is 30.0 Å². The maximum absolute atomic E-state index is 12.5. The topological polar surface area (TPSA) is 66.8 Å². The van der Waals surface area contributed by atoms with E-state index in [1.807, 2.05) is 0 Å². The molecule has 1 aliphatic rings. The number of amides is 1. The number of carbonyl (C=O) groups is 2. The first kappa shape index (κ1) is 15.8. The number of benzene rings is 1. The molecule has 21 heavy (non-hydrogen) atoms. The van der Waals surface area contributed by atoms with Crippen molar-refractivity contribution in [2.24, 2.45) is 5.41 Å². The standard InChI is InChI=1S/C15H18ClNO4/c1-21-10-15(14(19)20)7-4-8-17(9-15)13(18)11-5-2-3-6-12(11)16/h2-3,5-6H,4,7-10H2,1H3,(H,19,20). The van der Waals surface area contributed by atoms with Gasteiger partial charge in [0.05, 0.1) is 17.2 Å². The monoisotopic (exact) mass is 311 g/mol. The highest BCUT2D eigenvalue weighted by Gasteiger charge is 2.44. The molecule has 5 nitrogen and oxygen atoms in total. The lowest BCUT2D eigenvalue weighted by Crippen LogP contribution is -2.52. The van der Waals surface area contributed by atoms with Crippen molar-refractivity contribution in [2.75, 3.05) is 26.8 Å². The molecule has 6 heteroatoms. The van der Waals surface area contributed by atoms with Crippen LogP contribution in [0.4, 0.5) is 0 Å². The molecule has 0 spiro atoms. The molecule has 0 saturated carbocycles. The molecule has 1 atom stereocenters. The Morgan fingerprint density at radius 1 is 1.43 bits per heavy atom. The first-order valence-electron chi connectivity index (χ1n) is 6.76. The zero-order chi connectivity index (χ0) is 15.5. The molecule has 1 unspecified atom stereocenters. The number of methoxy groups -OCH3 is 1. The Hall–Kier alpha value is -1.59. The van der Waals surface area contributed by atoms with E-state index < -0.39 is 11.4 Å². The third-order valence-electron chi connectivity index (χ3n) is 3.84. The minimum Gasteiger partial charge on any atom is -0.481 e. The number of carboxylic acid groups (broad SMARTS) is 1. The number of piperidine rings is 1. The van der Waals surface area contributed by atoms with E-state index in [4.69, 9.17) is 16.3 Å². The summed E-state index contributed by atoms with van der Waals surface area (Å²) in [6.07, 6.45) is 1.13. The van der Waals surface area contributed by atoms with Crippen molar-refractivity contribution in [3.05, 3.63) is 34.9 Å². The van der Waals surface area contributed by atoms with Crippen molar-refractivity contribution in [3.8, 4) is 0 Å². The summed E-state index contributed by atoms with van der Waals surface area (Å²) in [7, 11) is 1.47. The van der Waals surface area contributed by atoms with Crippen molar-refractivity contribution in [2.45, 2.75) is 12.8 Å². The third-order valence-corrected chi connectivity index (χ3v) is 4.17. The molecule has 1 amide bonds. The van der Waals surface area contributed by atoms with Gasteiger partial charge in [-0.3, -0.25) is 9.59 Å². The van der Waals surface area contributed by atoms with Crippen LogP contribution in [-0.2, 0) is 9.53 Å². The molecule has 1 aromatic rings. The SMILES string of the molecule is COCC1(C(=O)O)CCCN(C(=O)c2ccccc2Cl)C1. The van der Waals surface area contributed by atoms with Crippen LogP contribution in [-0.4, -0.2) is 48.7 Å². The zero-order valence-electron chi connectivity index (χ0n) is 11.8. The summed E-state index contributed by atoms with van der Waals surface area (Å²) >= 11 is 6.04. The molecule has 1 saturated heterocycles. The molecule has 1 aromatic carbocycles. The molecule has 1 fully saturated rings. The van der Waals surface area contributed by atoms with E-state index >= 15 is 0 Å². The Bertz CT molecular complexity index is 544. The summed E-state index contributed by atoms with van der Waals surface area (Å²) in [6.45, 7) is 0.762. The molecule has 0 aliphatic carbocycles. The molecule has 1 N–H and O–H groups in total. The number of hydrogen-bond acceptors (Lipinski definition) is 3. The molecule has 1 heterocycles. The van der Waals surface area contributed by atoms with Gasteiger partial charge in [-0.25, -0.2) is 0 Å². The minimum absolute atomic E-state index is 0.0919. The van der Waals surface area contributed by atoms with Gasteiger partial charge in [0.1, 0.15) is 5.41 Å². The number of nitrogens with zero attached hydrogens (tertiary/aromatic N) is 1. The fraction of sp³-hybridized carbons (Fsp3) is 0.467. The number of aliphatic carboxylic acids is 1. The first-order valence-corrected chi connectivity index (χ1v) is 7.14. The summed E-state index contributed by atoms with van der Waals surface area (Å²) in [4.78, 5) is 25.7. The van der Waals surface area contributed by atoms with E-state index in [-0.39, 0.29) is 19.1 Å². The van der Waals surface area contributed by atoms with E-state index in [1.165, 1.54) is 7.11 Å². The largest absolute Gasteiger partial charge is 0.481 e. The Kier molecular flexibility index (Phi) is 4.85. The van der Waals surface area contributed by atoms with Crippen molar-refractivity contribution in [1.82, 2.24) is 4.90 Å². The van der Waals surface area contributed by atoms with Gasteiger partial charge in [-0.2, -0.15) is 0 Å². The van der Waals surface area contributed by atoms with Crippen molar-refractivity contribution in [1.29, 1.82) is 0 Å². The Labute approximate surface area is 128 Å². The van der Waals surface area contributed by atoms with Crippen molar-refractivity contribution in [3.63, 3.8) is 0 Å². The molecular weight excluding hydrogens is 294 g/mol. The van der Waals surface area contributed by atoms with Gasteiger partial charge in [0, 0.05) is 20.2 Å². The lowest BCUT2D eigenvalue weighted by atomic mass is 9.80. The van der Waals surface area contributed by atoms with E-state index in [9.17, 15) is 14.7 Å². The summed E-state index contributed by atoms with van der Waals surface area (Å²) in [6, 6.07) is 6.79. The predicted octanol–water partition coefficient (Wildman–Crippen LogP) is 2.29. The lowest BCUT2D eigenvalue weighted by molar-refractivity contribution is -0.155. The number of hydrogen-bond donors (Lipinski definition) is 1. The summed E-state index contributed by atoms with van der Waals surface area (Å²) < 4.78 is 5.06. The number of rotatable bonds is 4.